The van der Waals surface area contributed by atoms with E-state index in [1.807, 2.05) is 42.5 Å². The Labute approximate surface area is 151 Å². The van der Waals surface area contributed by atoms with E-state index in [0.717, 1.165) is 24.5 Å². The Kier molecular flexibility index (Phi) is 5.12. The first-order valence-electron chi connectivity index (χ1n) is 9.21. The van der Waals surface area contributed by atoms with E-state index in [1.165, 1.54) is 24.8 Å². The van der Waals surface area contributed by atoms with Crippen LogP contribution in [0.4, 0.5) is 11.4 Å². The summed E-state index contributed by atoms with van der Waals surface area (Å²) in [5.41, 5.74) is 4.05. The zero-order valence-corrected chi connectivity index (χ0v) is 15.5. The lowest BCUT2D eigenvalue weighted by Crippen LogP contribution is -2.30. The van der Waals surface area contributed by atoms with Crippen molar-refractivity contribution in [3.63, 3.8) is 0 Å². The highest BCUT2D eigenvalue weighted by Gasteiger charge is 2.17. The number of nitrogens with one attached hydrogen (secondary N) is 1. The number of benzene rings is 2. The Bertz CT molecular complexity index is 722. The fraction of sp³-hybridized carbons (Fsp3) is 0.409. The molecule has 25 heavy (non-hydrogen) atoms. The molecule has 1 heterocycles. The molecule has 1 aliphatic heterocycles. The van der Waals surface area contributed by atoms with E-state index in [4.69, 9.17) is 0 Å². The average Bonchev–Trinajstić information content (AvgIpc) is 2.62. The highest BCUT2D eigenvalue weighted by molar-refractivity contribution is 6.06. The Balaban J connectivity index is 1.77. The molecule has 1 aliphatic rings. The summed E-state index contributed by atoms with van der Waals surface area (Å²) in [4.78, 5) is 15.1. The van der Waals surface area contributed by atoms with Crippen molar-refractivity contribution < 1.29 is 4.79 Å². The number of amides is 1. The first kappa shape index (κ1) is 17.5. The van der Waals surface area contributed by atoms with Crippen molar-refractivity contribution in [1.29, 1.82) is 0 Å². The Morgan fingerprint density at radius 2 is 1.56 bits per heavy atom. The number of carbonyl (C=O) groups is 1. The summed E-state index contributed by atoms with van der Waals surface area (Å²) in [5, 5.41) is 3.10. The van der Waals surface area contributed by atoms with Crippen LogP contribution < -0.4 is 10.2 Å². The molecule has 0 bridgehead atoms. The number of carbonyl (C=O) groups excluding carboxylic acids is 1. The van der Waals surface area contributed by atoms with Crippen LogP contribution in [0.2, 0.25) is 0 Å². The summed E-state index contributed by atoms with van der Waals surface area (Å²) in [6.45, 7) is 8.66. The minimum Gasteiger partial charge on any atom is -0.370 e. The largest absolute Gasteiger partial charge is 0.370 e. The van der Waals surface area contributed by atoms with Crippen molar-refractivity contribution in [1.82, 2.24) is 0 Å². The highest BCUT2D eigenvalue weighted by atomic mass is 16.1. The number of rotatable bonds is 3. The molecule has 132 valence electrons. The molecule has 1 amide bonds. The van der Waals surface area contributed by atoms with Crippen molar-refractivity contribution in [2.24, 2.45) is 0 Å². The van der Waals surface area contributed by atoms with Crippen molar-refractivity contribution in [3.05, 3.63) is 59.7 Å². The fourth-order valence-electron chi connectivity index (χ4n) is 3.31. The Morgan fingerprint density at radius 3 is 2.20 bits per heavy atom. The predicted octanol–water partition coefficient (Wildman–Crippen LogP) is 5.23. The van der Waals surface area contributed by atoms with E-state index in [2.05, 4.69) is 37.1 Å². The third-order valence-corrected chi connectivity index (χ3v) is 4.86. The quantitative estimate of drug-likeness (QED) is 0.832. The summed E-state index contributed by atoms with van der Waals surface area (Å²) in [6.07, 6.45) is 3.73. The summed E-state index contributed by atoms with van der Waals surface area (Å²) in [5.74, 6) is -0.0510. The second-order valence-corrected chi connectivity index (χ2v) is 7.85. The van der Waals surface area contributed by atoms with Gasteiger partial charge in [-0.25, -0.2) is 0 Å². The lowest BCUT2D eigenvalue weighted by atomic mass is 9.87. The Morgan fingerprint density at radius 1 is 0.920 bits per heavy atom. The minimum atomic E-state index is -0.0510. The number of piperidine rings is 1. The smallest absolute Gasteiger partial charge is 0.255 e. The number of anilines is 2. The van der Waals surface area contributed by atoms with Crippen LogP contribution in [0.3, 0.4) is 0 Å². The van der Waals surface area contributed by atoms with E-state index in [1.54, 1.807) is 0 Å². The molecule has 0 aliphatic carbocycles. The maximum atomic E-state index is 12.7. The molecule has 2 aromatic carbocycles. The van der Waals surface area contributed by atoms with Gasteiger partial charge in [-0.3, -0.25) is 4.79 Å². The summed E-state index contributed by atoms with van der Waals surface area (Å²) in [6, 6.07) is 16.0. The van der Waals surface area contributed by atoms with Crippen molar-refractivity contribution in [2.45, 2.75) is 45.4 Å². The maximum absolute atomic E-state index is 12.7. The molecular formula is C22H28N2O. The third kappa shape index (κ3) is 4.22. The number of nitrogens with zero attached hydrogens (tertiary/aromatic N) is 1. The van der Waals surface area contributed by atoms with Gasteiger partial charge in [0.1, 0.15) is 0 Å². The van der Waals surface area contributed by atoms with Gasteiger partial charge in [0, 0.05) is 18.7 Å². The normalized spacial score (nSPS) is 15.1. The van der Waals surface area contributed by atoms with Crippen LogP contribution in [0, 0.1) is 0 Å². The van der Waals surface area contributed by atoms with E-state index >= 15 is 0 Å². The van der Waals surface area contributed by atoms with Crippen LogP contribution in [0.1, 0.15) is 56.0 Å². The van der Waals surface area contributed by atoms with Crippen molar-refractivity contribution in [2.75, 3.05) is 23.3 Å². The second kappa shape index (κ2) is 7.30. The highest BCUT2D eigenvalue weighted by Crippen LogP contribution is 2.29. The third-order valence-electron chi connectivity index (χ3n) is 4.86. The summed E-state index contributed by atoms with van der Waals surface area (Å²) >= 11 is 0. The van der Waals surface area contributed by atoms with Crippen LogP contribution in [-0.2, 0) is 5.41 Å². The molecule has 3 rings (SSSR count). The molecule has 0 saturated carbocycles. The molecular weight excluding hydrogens is 308 g/mol. The van der Waals surface area contributed by atoms with Crippen LogP contribution in [0.5, 0.6) is 0 Å². The second-order valence-electron chi connectivity index (χ2n) is 7.85. The summed E-state index contributed by atoms with van der Waals surface area (Å²) in [7, 11) is 0. The van der Waals surface area contributed by atoms with Gasteiger partial charge in [0.25, 0.3) is 5.91 Å². The van der Waals surface area contributed by atoms with Gasteiger partial charge in [0.2, 0.25) is 0 Å². The SMILES string of the molecule is CC(C)(C)c1ccc(C(=O)Nc2ccccc2N2CCCCC2)cc1. The Hall–Kier alpha value is -2.29. The molecule has 1 saturated heterocycles. The zero-order chi connectivity index (χ0) is 17.9. The monoisotopic (exact) mass is 336 g/mol. The molecule has 0 radical (unpaired) electrons. The van der Waals surface area contributed by atoms with Gasteiger partial charge in [-0.2, -0.15) is 0 Å². The summed E-state index contributed by atoms with van der Waals surface area (Å²) < 4.78 is 0. The van der Waals surface area contributed by atoms with Crippen LogP contribution in [-0.4, -0.2) is 19.0 Å². The molecule has 3 heteroatoms. The van der Waals surface area contributed by atoms with Crippen molar-refractivity contribution in [3.8, 4) is 0 Å². The van der Waals surface area contributed by atoms with Gasteiger partial charge in [0.05, 0.1) is 11.4 Å². The first-order valence-corrected chi connectivity index (χ1v) is 9.21. The van der Waals surface area contributed by atoms with Gasteiger partial charge in [-0.1, -0.05) is 45.0 Å². The van der Waals surface area contributed by atoms with E-state index in [0.29, 0.717) is 5.56 Å². The van der Waals surface area contributed by atoms with Gasteiger partial charge in [0.15, 0.2) is 0 Å². The lowest BCUT2D eigenvalue weighted by molar-refractivity contribution is 0.102. The van der Waals surface area contributed by atoms with Gasteiger partial charge >= 0.3 is 0 Å². The topological polar surface area (TPSA) is 32.3 Å². The molecule has 0 spiro atoms. The van der Waals surface area contributed by atoms with E-state index in [9.17, 15) is 4.79 Å². The van der Waals surface area contributed by atoms with Crippen molar-refractivity contribution >= 4 is 17.3 Å². The average molecular weight is 336 g/mol. The van der Waals surface area contributed by atoms with E-state index < -0.39 is 0 Å². The first-order chi connectivity index (χ1) is 11.9. The number of hydrogen-bond donors (Lipinski definition) is 1. The molecule has 1 N–H and O–H groups in total. The van der Waals surface area contributed by atoms with Crippen LogP contribution >= 0.6 is 0 Å². The fourth-order valence-corrected chi connectivity index (χ4v) is 3.31. The molecule has 0 atom stereocenters. The molecule has 0 unspecified atom stereocenters. The minimum absolute atomic E-state index is 0.0510. The standard InChI is InChI=1S/C22H28N2O/c1-22(2,3)18-13-11-17(12-14-18)21(25)23-19-9-5-6-10-20(19)24-15-7-4-8-16-24/h5-6,9-14H,4,7-8,15-16H2,1-3H3,(H,23,25). The van der Waals surface area contributed by atoms with Gasteiger partial charge < -0.3 is 10.2 Å². The maximum Gasteiger partial charge on any atom is 0.255 e. The van der Waals surface area contributed by atoms with E-state index in [-0.39, 0.29) is 11.3 Å². The molecule has 1 fully saturated rings. The van der Waals surface area contributed by atoms with Crippen LogP contribution in [0.25, 0.3) is 0 Å². The zero-order valence-electron chi connectivity index (χ0n) is 15.5. The number of hydrogen-bond acceptors (Lipinski definition) is 2. The molecule has 2 aromatic rings. The predicted molar refractivity (Wildman–Crippen MR) is 106 cm³/mol. The molecule has 0 aromatic heterocycles. The lowest BCUT2D eigenvalue weighted by Gasteiger charge is -2.30. The number of para-hydroxylation sites is 2. The molecule has 3 nitrogen and oxygen atoms in total. The van der Waals surface area contributed by atoms with Gasteiger partial charge in [-0.05, 0) is 54.5 Å². The van der Waals surface area contributed by atoms with Gasteiger partial charge in [-0.15, -0.1) is 0 Å². The van der Waals surface area contributed by atoms with Crippen LogP contribution in [0.15, 0.2) is 48.5 Å².